The first-order valence-electron chi connectivity index (χ1n) is 5.34. The summed E-state index contributed by atoms with van der Waals surface area (Å²) in [7, 11) is 0. The number of nitrogens with two attached hydrogens (primary N) is 2. The summed E-state index contributed by atoms with van der Waals surface area (Å²) in [6.45, 7) is 0.450. The molecule has 0 aliphatic carbocycles. The maximum Gasteiger partial charge on any atom is 0.573 e. The van der Waals surface area contributed by atoms with Crippen molar-refractivity contribution in [2.45, 2.75) is 25.2 Å². The predicted molar refractivity (Wildman–Crippen MR) is 58.3 cm³/mol. The summed E-state index contributed by atoms with van der Waals surface area (Å²) in [6, 6.07) is 2.72. The van der Waals surface area contributed by atoms with Crippen molar-refractivity contribution in [1.82, 2.24) is 0 Å². The number of ether oxygens (including phenoxy) is 1. The van der Waals surface area contributed by atoms with Gasteiger partial charge in [0.2, 0.25) is 0 Å². The molecule has 0 spiro atoms. The van der Waals surface area contributed by atoms with E-state index in [9.17, 15) is 17.6 Å². The van der Waals surface area contributed by atoms with E-state index in [1.807, 2.05) is 0 Å². The third-order valence-corrected chi connectivity index (χ3v) is 2.33. The molecule has 18 heavy (non-hydrogen) atoms. The maximum absolute atomic E-state index is 13.4. The lowest BCUT2D eigenvalue weighted by molar-refractivity contribution is -0.275. The van der Waals surface area contributed by atoms with Crippen molar-refractivity contribution < 1.29 is 22.3 Å². The molecular weight excluding hydrogens is 252 g/mol. The fraction of sp³-hybridized carbons (Fsp3) is 0.455. The van der Waals surface area contributed by atoms with Crippen LogP contribution >= 0.6 is 0 Å². The molecule has 1 rings (SSSR count). The Morgan fingerprint density at radius 3 is 2.44 bits per heavy atom. The number of rotatable bonds is 5. The fourth-order valence-corrected chi connectivity index (χ4v) is 1.46. The molecule has 4 N–H and O–H groups in total. The number of halogens is 4. The third kappa shape index (κ3) is 4.50. The van der Waals surface area contributed by atoms with E-state index < -0.39 is 24.0 Å². The van der Waals surface area contributed by atoms with Crippen molar-refractivity contribution in [2.24, 2.45) is 11.5 Å². The van der Waals surface area contributed by atoms with Crippen LogP contribution < -0.4 is 16.2 Å². The molecule has 3 nitrogen and oxygen atoms in total. The average molecular weight is 266 g/mol. The van der Waals surface area contributed by atoms with E-state index in [-0.39, 0.29) is 0 Å². The lowest BCUT2D eigenvalue weighted by Gasteiger charge is -2.14. The zero-order valence-corrected chi connectivity index (χ0v) is 9.51. The van der Waals surface area contributed by atoms with Gasteiger partial charge in [-0.05, 0) is 37.1 Å². The van der Waals surface area contributed by atoms with Crippen molar-refractivity contribution in [2.75, 3.05) is 6.54 Å². The highest BCUT2D eigenvalue weighted by Crippen LogP contribution is 2.28. The molecule has 1 aromatic carbocycles. The van der Waals surface area contributed by atoms with Crippen LogP contribution in [0.3, 0.4) is 0 Å². The largest absolute Gasteiger partial charge is 0.573 e. The molecule has 0 radical (unpaired) electrons. The third-order valence-electron chi connectivity index (χ3n) is 2.33. The highest BCUT2D eigenvalue weighted by Gasteiger charge is 2.32. The molecule has 0 bridgehead atoms. The van der Waals surface area contributed by atoms with Gasteiger partial charge in [0.05, 0.1) is 0 Å². The van der Waals surface area contributed by atoms with Crippen LogP contribution in [0.25, 0.3) is 0 Å². The van der Waals surface area contributed by atoms with Gasteiger partial charge in [0, 0.05) is 6.04 Å². The lowest BCUT2D eigenvalue weighted by atomic mass is 10.0. The zero-order valence-electron chi connectivity index (χ0n) is 9.51. The Balaban J connectivity index is 2.79. The van der Waals surface area contributed by atoms with Gasteiger partial charge in [-0.2, -0.15) is 0 Å². The topological polar surface area (TPSA) is 61.3 Å². The molecule has 0 amide bonds. The monoisotopic (exact) mass is 266 g/mol. The van der Waals surface area contributed by atoms with Crippen LogP contribution in [0, 0.1) is 5.82 Å². The van der Waals surface area contributed by atoms with Crippen LogP contribution in [0.4, 0.5) is 17.6 Å². The van der Waals surface area contributed by atoms with Crippen molar-refractivity contribution in [1.29, 1.82) is 0 Å². The van der Waals surface area contributed by atoms with Gasteiger partial charge in [0.1, 0.15) is 0 Å². The maximum atomic E-state index is 13.4. The first-order chi connectivity index (χ1) is 8.33. The summed E-state index contributed by atoms with van der Waals surface area (Å²) in [6.07, 6.45) is -3.72. The van der Waals surface area contributed by atoms with E-state index >= 15 is 0 Å². The number of alkyl halides is 3. The van der Waals surface area contributed by atoms with Crippen LogP contribution in [-0.2, 0) is 0 Å². The second-order valence-corrected chi connectivity index (χ2v) is 3.78. The van der Waals surface area contributed by atoms with Gasteiger partial charge in [0.15, 0.2) is 11.6 Å². The standard InChI is InChI=1S/C11H14F4N2O/c12-8-6-7(9(17)2-1-5-16)3-4-10(8)18-11(13,14)15/h3-4,6,9H,1-2,5,16-17H2/t9-/m1/s1. The smallest absolute Gasteiger partial charge is 0.403 e. The number of hydrogen-bond donors (Lipinski definition) is 2. The Morgan fingerprint density at radius 2 is 1.94 bits per heavy atom. The Labute approximate surface area is 102 Å². The fourth-order valence-electron chi connectivity index (χ4n) is 1.46. The van der Waals surface area contributed by atoms with Crippen molar-refractivity contribution in [3.05, 3.63) is 29.6 Å². The van der Waals surface area contributed by atoms with Gasteiger partial charge in [-0.25, -0.2) is 4.39 Å². The van der Waals surface area contributed by atoms with E-state index in [4.69, 9.17) is 11.5 Å². The zero-order chi connectivity index (χ0) is 13.8. The first kappa shape index (κ1) is 14.7. The summed E-state index contributed by atoms with van der Waals surface area (Å²) in [5.74, 6) is -1.95. The highest BCUT2D eigenvalue weighted by molar-refractivity contribution is 5.31. The molecule has 1 aromatic rings. The second-order valence-electron chi connectivity index (χ2n) is 3.78. The molecule has 7 heteroatoms. The van der Waals surface area contributed by atoms with Crippen LogP contribution in [0.15, 0.2) is 18.2 Å². The van der Waals surface area contributed by atoms with Crippen LogP contribution in [-0.4, -0.2) is 12.9 Å². The summed E-state index contributed by atoms with van der Waals surface area (Å²) in [4.78, 5) is 0. The van der Waals surface area contributed by atoms with Crippen LogP contribution in [0.1, 0.15) is 24.4 Å². The van der Waals surface area contributed by atoms with Gasteiger partial charge in [-0.3, -0.25) is 0 Å². The van der Waals surface area contributed by atoms with Crippen LogP contribution in [0.2, 0.25) is 0 Å². The van der Waals surface area contributed by atoms with Gasteiger partial charge in [-0.15, -0.1) is 13.2 Å². The number of hydrogen-bond acceptors (Lipinski definition) is 3. The molecule has 0 saturated carbocycles. The Kier molecular flexibility index (Phi) is 4.92. The minimum absolute atomic E-state index is 0.412. The van der Waals surface area contributed by atoms with Crippen molar-refractivity contribution in [3.63, 3.8) is 0 Å². The molecule has 0 fully saturated rings. The minimum Gasteiger partial charge on any atom is -0.403 e. The van der Waals surface area contributed by atoms with Gasteiger partial charge < -0.3 is 16.2 Å². The van der Waals surface area contributed by atoms with E-state index in [1.165, 1.54) is 6.07 Å². The molecule has 0 aliphatic rings. The predicted octanol–water partition coefficient (Wildman–Crippen LogP) is 2.46. The lowest BCUT2D eigenvalue weighted by Crippen LogP contribution is -2.18. The minimum atomic E-state index is -4.91. The van der Waals surface area contributed by atoms with E-state index in [0.29, 0.717) is 24.9 Å². The van der Waals surface area contributed by atoms with Crippen LogP contribution in [0.5, 0.6) is 5.75 Å². The Bertz CT molecular complexity index is 395. The van der Waals surface area contributed by atoms with Crippen molar-refractivity contribution >= 4 is 0 Å². The molecule has 0 heterocycles. The summed E-state index contributed by atoms with van der Waals surface area (Å²) < 4.78 is 52.6. The van der Waals surface area contributed by atoms with E-state index in [1.54, 1.807) is 0 Å². The quantitative estimate of drug-likeness (QED) is 0.805. The molecule has 102 valence electrons. The second kappa shape index (κ2) is 6.01. The normalized spacial score (nSPS) is 13.4. The van der Waals surface area contributed by atoms with Gasteiger partial charge >= 0.3 is 6.36 Å². The Morgan fingerprint density at radius 1 is 1.28 bits per heavy atom. The molecule has 0 unspecified atom stereocenters. The molecular formula is C11H14F4N2O. The Hall–Kier alpha value is -1.34. The van der Waals surface area contributed by atoms with Crippen molar-refractivity contribution in [3.8, 4) is 5.75 Å². The summed E-state index contributed by atoms with van der Waals surface area (Å²) in [5.41, 5.74) is 11.5. The van der Waals surface area contributed by atoms with E-state index in [0.717, 1.165) is 12.1 Å². The molecule has 0 saturated heterocycles. The molecule has 0 aliphatic heterocycles. The first-order valence-corrected chi connectivity index (χ1v) is 5.34. The van der Waals surface area contributed by atoms with Gasteiger partial charge in [0.25, 0.3) is 0 Å². The average Bonchev–Trinajstić information content (AvgIpc) is 2.27. The van der Waals surface area contributed by atoms with Gasteiger partial charge in [-0.1, -0.05) is 6.07 Å². The highest BCUT2D eigenvalue weighted by atomic mass is 19.4. The van der Waals surface area contributed by atoms with E-state index in [2.05, 4.69) is 4.74 Å². The molecule has 1 atom stereocenters. The number of benzene rings is 1. The SMILES string of the molecule is NCCC[C@@H](N)c1ccc(OC(F)(F)F)c(F)c1. The molecule has 0 aromatic heterocycles. The summed E-state index contributed by atoms with van der Waals surface area (Å²) in [5, 5.41) is 0. The summed E-state index contributed by atoms with van der Waals surface area (Å²) >= 11 is 0.